The zero-order valence-corrected chi connectivity index (χ0v) is 13.2. The summed E-state index contributed by atoms with van der Waals surface area (Å²) in [6, 6.07) is 16.8. The number of nitrogens with one attached hydrogen (secondary N) is 1. The molecule has 2 amide bonds. The van der Waals surface area contributed by atoms with E-state index < -0.39 is 5.60 Å². The van der Waals surface area contributed by atoms with Gasteiger partial charge in [-0.3, -0.25) is 19.9 Å². The first kappa shape index (κ1) is 14.7. The highest BCUT2D eigenvalue weighted by Gasteiger charge is 2.55. The molecule has 1 saturated heterocycles. The molecule has 2 heterocycles. The molecule has 0 bridgehead atoms. The van der Waals surface area contributed by atoms with Gasteiger partial charge in [0.15, 0.2) is 0 Å². The van der Waals surface area contributed by atoms with Crippen LogP contribution in [0.5, 0.6) is 0 Å². The van der Waals surface area contributed by atoms with E-state index in [1.54, 1.807) is 30.3 Å². The Morgan fingerprint density at radius 1 is 1.04 bits per heavy atom. The third-order valence-electron chi connectivity index (χ3n) is 4.33. The monoisotopic (exact) mass is 320 g/mol. The lowest BCUT2D eigenvalue weighted by Crippen LogP contribution is -2.40. The van der Waals surface area contributed by atoms with Crippen LogP contribution in [-0.4, -0.2) is 17.4 Å². The maximum Gasteiger partial charge on any atom is 0.273 e. The lowest BCUT2D eigenvalue weighted by Gasteiger charge is -2.18. The molecule has 0 radical (unpaired) electrons. The Kier molecular flexibility index (Phi) is 3.25. The molecule has 2 aliphatic heterocycles. The predicted molar refractivity (Wildman–Crippen MR) is 89.7 cm³/mol. The summed E-state index contributed by atoms with van der Waals surface area (Å²) < 4.78 is 0. The van der Waals surface area contributed by atoms with Gasteiger partial charge in [0.1, 0.15) is 0 Å². The minimum Gasteiger partial charge on any atom is -0.274 e. The van der Waals surface area contributed by atoms with E-state index in [-0.39, 0.29) is 18.2 Å². The third kappa shape index (κ3) is 2.21. The van der Waals surface area contributed by atoms with Crippen LogP contribution >= 0.6 is 0 Å². The Balaban J connectivity index is 1.68. The number of aryl methyl sites for hydroxylation is 1. The summed E-state index contributed by atoms with van der Waals surface area (Å²) in [7, 11) is 0. The molecule has 2 aromatic rings. The van der Waals surface area contributed by atoms with Crippen LogP contribution in [0.3, 0.4) is 0 Å². The second kappa shape index (κ2) is 5.32. The fourth-order valence-corrected chi connectivity index (χ4v) is 3.03. The first-order valence-corrected chi connectivity index (χ1v) is 7.75. The first-order valence-electron chi connectivity index (χ1n) is 7.75. The number of hydroxylamine groups is 1. The van der Waals surface area contributed by atoms with E-state index in [9.17, 15) is 9.59 Å². The number of para-hydroxylation sites is 1. The fourth-order valence-electron chi connectivity index (χ4n) is 3.03. The maximum absolute atomic E-state index is 12.9. The van der Waals surface area contributed by atoms with Crippen LogP contribution in [0.15, 0.2) is 60.7 Å². The van der Waals surface area contributed by atoms with E-state index in [4.69, 9.17) is 4.84 Å². The predicted octanol–water partition coefficient (Wildman–Crippen LogP) is 2.57. The van der Waals surface area contributed by atoms with Crippen molar-refractivity contribution in [2.75, 3.05) is 4.90 Å². The highest BCUT2D eigenvalue weighted by Crippen LogP contribution is 2.37. The highest BCUT2D eigenvalue weighted by molar-refractivity contribution is 6.25. The number of hydrogen-bond acceptors (Lipinski definition) is 4. The van der Waals surface area contributed by atoms with Gasteiger partial charge in [-0.05, 0) is 30.7 Å². The molecule has 2 aromatic carbocycles. The van der Waals surface area contributed by atoms with Crippen LogP contribution in [0.2, 0.25) is 0 Å². The average Bonchev–Trinajstić information content (AvgIpc) is 3.11. The number of imide groups is 1. The molecule has 0 aromatic heterocycles. The van der Waals surface area contributed by atoms with Crippen molar-refractivity contribution in [1.82, 2.24) is 5.48 Å². The van der Waals surface area contributed by atoms with Gasteiger partial charge in [0, 0.05) is 0 Å². The highest BCUT2D eigenvalue weighted by atomic mass is 16.7. The van der Waals surface area contributed by atoms with E-state index in [0.717, 1.165) is 11.1 Å². The molecule has 4 rings (SSSR count). The van der Waals surface area contributed by atoms with Gasteiger partial charge in [-0.25, -0.2) is 4.90 Å². The van der Waals surface area contributed by atoms with Crippen molar-refractivity contribution in [3.05, 3.63) is 71.8 Å². The fraction of sp³-hybridized carbons (Fsp3) is 0.158. The van der Waals surface area contributed by atoms with Crippen LogP contribution in [0.1, 0.15) is 17.5 Å². The van der Waals surface area contributed by atoms with Gasteiger partial charge in [-0.2, -0.15) is 0 Å². The number of hydrogen-bond donors (Lipinski definition) is 1. The van der Waals surface area contributed by atoms with Crippen molar-refractivity contribution in [1.29, 1.82) is 0 Å². The zero-order valence-electron chi connectivity index (χ0n) is 13.2. The largest absolute Gasteiger partial charge is 0.274 e. The van der Waals surface area contributed by atoms with E-state index >= 15 is 0 Å². The first-order chi connectivity index (χ1) is 11.6. The zero-order chi connectivity index (χ0) is 16.7. The molecule has 1 N–H and O–H groups in total. The molecule has 1 spiro atoms. The average molecular weight is 320 g/mol. The molecular weight excluding hydrogens is 304 g/mol. The lowest BCUT2D eigenvalue weighted by molar-refractivity contribution is -0.136. The summed E-state index contributed by atoms with van der Waals surface area (Å²) in [6.45, 7) is 2.01. The van der Waals surface area contributed by atoms with Crippen molar-refractivity contribution in [2.24, 2.45) is 0 Å². The Morgan fingerprint density at radius 2 is 1.75 bits per heavy atom. The Bertz CT molecular complexity index is 843. The van der Waals surface area contributed by atoms with Crippen molar-refractivity contribution in [3.63, 3.8) is 0 Å². The van der Waals surface area contributed by atoms with Gasteiger partial charge in [0.2, 0.25) is 11.5 Å². The van der Waals surface area contributed by atoms with Gasteiger partial charge in [0.05, 0.1) is 17.8 Å². The van der Waals surface area contributed by atoms with Crippen LogP contribution in [-0.2, 0) is 14.4 Å². The van der Waals surface area contributed by atoms with Gasteiger partial charge < -0.3 is 0 Å². The molecule has 0 saturated carbocycles. The molecule has 5 heteroatoms. The minimum atomic E-state index is -1.27. The number of carbonyl (C=O) groups is 2. The number of nitrogens with zero attached hydrogens (tertiary/aromatic N) is 1. The Morgan fingerprint density at radius 3 is 2.46 bits per heavy atom. The summed E-state index contributed by atoms with van der Waals surface area (Å²) in [4.78, 5) is 32.0. The van der Waals surface area contributed by atoms with Crippen molar-refractivity contribution >= 4 is 23.2 Å². The molecule has 0 aliphatic carbocycles. The van der Waals surface area contributed by atoms with E-state index in [2.05, 4.69) is 5.48 Å². The topological polar surface area (TPSA) is 58.6 Å². The summed E-state index contributed by atoms with van der Waals surface area (Å²) in [5, 5.41) is 0. The summed E-state index contributed by atoms with van der Waals surface area (Å²) >= 11 is 0. The Labute approximate surface area is 139 Å². The number of carbonyl (C=O) groups excluding carboxylic acids is 2. The number of rotatable bonds is 2. The molecule has 1 fully saturated rings. The molecule has 2 aliphatic rings. The molecule has 1 atom stereocenters. The third-order valence-corrected chi connectivity index (χ3v) is 4.33. The van der Waals surface area contributed by atoms with Crippen LogP contribution in [0.25, 0.3) is 5.70 Å². The second-order valence-corrected chi connectivity index (χ2v) is 6.06. The summed E-state index contributed by atoms with van der Waals surface area (Å²) in [5.74, 6) is -0.636. The molecule has 0 unspecified atom stereocenters. The van der Waals surface area contributed by atoms with Gasteiger partial charge in [-0.15, -0.1) is 0 Å². The smallest absolute Gasteiger partial charge is 0.273 e. The quantitative estimate of drug-likeness (QED) is 0.864. The number of benzene rings is 2. The maximum atomic E-state index is 12.9. The SMILES string of the molecule is Cc1ccc(C2=C[C@@]3(CC(=O)N(c4ccccc4)C3=O)ON2)cc1. The van der Waals surface area contributed by atoms with Gasteiger partial charge >= 0.3 is 0 Å². The summed E-state index contributed by atoms with van der Waals surface area (Å²) in [6.07, 6.45) is 1.70. The van der Waals surface area contributed by atoms with Crippen LogP contribution in [0, 0.1) is 6.92 Å². The molecular formula is C19H16N2O3. The molecule has 24 heavy (non-hydrogen) atoms. The van der Waals surface area contributed by atoms with E-state index in [0.29, 0.717) is 11.4 Å². The van der Waals surface area contributed by atoms with Crippen molar-refractivity contribution in [2.45, 2.75) is 18.9 Å². The van der Waals surface area contributed by atoms with Crippen LogP contribution in [0.4, 0.5) is 5.69 Å². The van der Waals surface area contributed by atoms with Crippen molar-refractivity contribution < 1.29 is 14.4 Å². The van der Waals surface area contributed by atoms with Gasteiger partial charge in [-0.1, -0.05) is 48.0 Å². The van der Waals surface area contributed by atoms with Crippen molar-refractivity contribution in [3.8, 4) is 0 Å². The minimum absolute atomic E-state index is 0.0108. The lowest BCUT2D eigenvalue weighted by atomic mass is 9.99. The number of anilines is 1. The standard InChI is InChI=1S/C19H16N2O3/c1-13-7-9-14(10-8-13)16-11-19(24-20-16)12-17(22)21(18(19)23)15-5-3-2-4-6-15/h2-11,20H,12H2,1H3/t19-/m0/s1. The molecule has 5 nitrogen and oxygen atoms in total. The second-order valence-electron chi connectivity index (χ2n) is 6.06. The number of amides is 2. The van der Waals surface area contributed by atoms with E-state index in [1.807, 2.05) is 37.3 Å². The molecule has 120 valence electrons. The van der Waals surface area contributed by atoms with Gasteiger partial charge in [0.25, 0.3) is 5.91 Å². The normalized spacial score (nSPS) is 22.9. The van der Waals surface area contributed by atoms with Crippen LogP contribution < -0.4 is 10.4 Å². The van der Waals surface area contributed by atoms with E-state index in [1.165, 1.54) is 4.90 Å². The Hall–Kier alpha value is -2.92. The summed E-state index contributed by atoms with van der Waals surface area (Å²) in [5.41, 5.74) is 4.86.